The van der Waals surface area contributed by atoms with Gasteiger partial charge in [0.25, 0.3) is 0 Å². The molecule has 0 spiro atoms. The average molecular weight is 237 g/mol. The van der Waals surface area contributed by atoms with Crippen LogP contribution in [0.2, 0.25) is 5.02 Å². The molecule has 84 valence electrons. The van der Waals surface area contributed by atoms with Gasteiger partial charge in [0.1, 0.15) is 6.42 Å². The van der Waals surface area contributed by atoms with Gasteiger partial charge in [0, 0.05) is 5.02 Å². The summed E-state index contributed by atoms with van der Waals surface area (Å²) in [5.74, 6) is -0.255. The van der Waals surface area contributed by atoms with Crippen LogP contribution >= 0.6 is 11.6 Å². The zero-order chi connectivity index (χ0) is 12.0. The summed E-state index contributed by atoms with van der Waals surface area (Å²) in [6.45, 7) is 1.97. The van der Waals surface area contributed by atoms with Crippen molar-refractivity contribution >= 4 is 17.5 Å². The van der Waals surface area contributed by atoms with Crippen LogP contribution in [-0.4, -0.2) is 5.91 Å². The minimum Gasteiger partial charge on any atom is -0.348 e. The van der Waals surface area contributed by atoms with E-state index >= 15 is 0 Å². The van der Waals surface area contributed by atoms with Crippen molar-refractivity contribution in [2.24, 2.45) is 0 Å². The summed E-state index contributed by atoms with van der Waals surface area (Å²) in [6, 6.07) is 9.10. The van der Waals surface area contributed by atoms with Gasteiger partial charge in [-0.1, -0.05) is 30.7 Å². The summed E-state index contributed by atoms with van der Waals surface area (Å²) in [6.07, 6.45) is 0.647. The highest BCUT2D eigenvalue weighted by molar-refractivity contribution is 6.30. The lowest BCUT2D eigenvalue weighted by Crippen LogP contribution is -2.27. The molecular weight excluding hydrogens is 224 g/mol. The quantitative estimate of drug-likeness (QED) is 0.874. The van der Waals surface area contributed by atoms with Crippen LogP contribution in [0.5, 0.6) is 0 Å². The third-order valence-electron chi connectivity index (χ3n) is 2.23. The number of amides is 1. The molecule has 0 bridgehead atoms. The number of nitriles is 1. The van der Waals surface area contributed by atoms with E-state index in [0.717, 1.165) is 12.0 Å². The molecule has 3 nitrogen and oxygen atoms in total. The molecule has 0 saturated carbocycles. The van der Waals surface area contributed by atoms with E-state index in [1.165, 1.54) is 0 Å². The van der Waals surface area contributed by atoms with Gasteiger partial charge in [0.15, 0.2) is 0 Å². The summed E-state index contributed by atoms with van der Waals surface area (Å²) in [4.78, 5) is 11.3. The molecule has 0 aliphatic carbocycles. The smallest absolute Gasteiger partial charge is 0.234 e. The molecule has 0 aliphatic rings. The molecule has 0 saturated heterocycles. The molecule has 16 heavy (non-hydrogen) atoms. The Labute approximate surface area is 100 Å². The van der Waals surface area contributed by atoms with Crippen LogP contribution in [0.25, 0.3) is 0 Å². The zero-order valence-corrected chi connectivity index (χ0v) is 9.79. The lowest BCUT2D eigenvalue weighted by atomic mass is 10.0. The highest BCUT2D eigenvalue weighted by atomic mass is 35.5. The van der Waals surface area contributed by atoms with E-state index in [-0.39, 0.29) is 18.4 Å². The molecule has 1 aromatic rings. The first kappa shape index (κ1) is 12.5. The molecule has 1 rings (SSSR count). The van der Waals surface area contributed by atoms with Gasteiger partial charge in [-0.2, -0.15) is 5.26 Å². The predicted molar refractivity (Wildman–Crippen MR) is 62.9 cm³/mol. The Balaban J connectivity index is 2.75. The Morgan fingerprint density at radius 2 is 2.38 bits per heavy atom. The molecule has 0 aliphatic heterocycles. The van der Waals surface area contributed by atoms with Crippen molar-refractivity contribution in [2.45, 2.75) is 25.8 Å². The van der Waals surface area contributed by atoms with Crippen LogP contribution in [0.3, 0.4) is 0 Å². The van der Waals surface area contributed by atoms with Gasteiger partial charge in [-0.15, -0.1) is 0 Å². The highest BCUT2D eigenvalue weighted by Gasteiger charge is 2.12. The number of halogens is 1. The number of rotatable bonds is 4. The van der Waals surface area contributed by atoms with E-state index in [4.69, 9.17) is 16.9 Å². The first-order valence-corrected chi connectivity index (χ1v) is 5.47. The molecule has 0 unspecified atom stereocenters. The largest absolute Gasteiger partial charge is 0.348 e. The molecule has 0 heterocycles. The number of hydrogen-bond acceptors (Lipinski definition) is 2. The Bertz CT molecular complexity index is 412. The van der Waals surface area contributed by atoms with Crippen molar-refractivity contribution in [3.63, 3.8) is 0 Å². The Hall–Kier alpha value is -1.53. The summed E-state index contributed by atoms with van der Waals surface area (Å²) in [5.41, 5.74) is 0.960. The number of benzene rings is 1. The third kappa shape index (κ3) is 3.56. The van der Waals surface area contributed by atoms with E-state index in [0.29, 0.717) is 5.02 Å². The minimum atomic E-state index is -0.255. The molecule has 1 atom stereocenters. The molecule has 1 N–H and O–H groups in total. The second kappa shape index (κ2) is 6.14. The molecule has 0 radical (unpaired) electrons. The van der Waals surface area contributed by atoms with Crippen LogP contribution in [0, 0.1) is 11.3 Å². The first-order valence-electron chi connectivity index (χ1n) is 5.09. The lowest BCUT2D eigenvalue weighted by Gasteiger charge is -2.16. The molecular formula is C12H13ClN2O. The van der Waals surface area contributed by atoms with Gasteiger partial charge >= 0.3 is 0 Å². The standard InChI is InChI=1S/C12H13ClN2O/c1-2-11(15-12(16)6-7-14)9-4-3-5-10(13)8-9/h3-5,8,11H,2,6H2,1H3,(H,15,16)/t11-/m0/s1. The van der Waals surface area contributed by atoms with Crippen LogP contribution in [-0.2, 0) is 4.79 Å². The van der Waals surface area contributed by atoms with Crippen LogP contribution < -0.4 is 5.32 Å². The SMILES string of the molecule is CC[C@H](NC(=O)CC#N)c1cccc(Cl)c1. The van der Waals surface area contributed by atoms with E-state index in [9.17, 15) is 4.79 Å². The number of nitrogens with one attached hydrogen (secondary N) is 1. The molecule has 1 aromatic carbocycles. The summed E-state index contributed by atoms with van der Waals surface area (Å²) >= 11 is 5.88. The monoisotopic (exact) mass is 236 g/mol. The fourth-order valence-electron chi connectivity index (χ4n) is 1.46. The van der Waals surface area contributed by atoms with Crippen LogP contribution in [0.1, 0.15) is 31.4 Å². The van der Waals surface area contributed by atoms with Crippen molar-refractivity contribution in [1.29, 1.82) is 5.26 Å². The molecule has 4 heteroatoms. The van der Waals surface area contributed by atoms with Crippen molar-refractivity contribution in [1.82, 2.24) is 5.32 Å². The topological polar surface area (TPSA) is 52.9 Å². The van der Waals surface area contributed by atoms with Gasteiger partial charge in [0.05, 0.1) is 12.1 Å². The Morgan fingerprint density at radius 1 is 1.62 bits per heavy atom. The number of nitrogens with zero attached hydrogens (tertiary/aromatic N) is 1. The van der Waals surface area contributed by atoms with Crippen molar-refractivity contribution in [3.8, 4) is 6.07 Å². The van der Waals surface area contributed by atoms with E-state index in [2.05, 4.69) is 5.32 Å². The highest BCUT2D eigenvalue weighted by Crippen LogP contribution is 2.20. The maximum atomic E-state index is 11.3. The van der Waals surface area contributed by atoms with Gasteiger partial charge < -0.3 is 5.32 Å². The van der Waals surface area contributed by atoms with Gasteiger partial charge in [-0.3, -0.25) is 4.79 Å². The fourth-order valence-corrected chi connectivity index (χ4v) is 1.66. The third-order valence-corrected chi connectivity index (χ3v) is 2.47. The zero-order valence-electron chi connectivity index (χ0n) is 9.03. The first-order chi connectivity index (χ1) is 7.67. The van der Waals surface area contributed by atoms with Crippen LogP contribution in [0.4, 0.5) is 0 Å². The van der Waals surface area contributed by atoms with Crippen molar-refractivity contribution in [3.05, 3.63) is 34.9 Å². The normalized spacial score (nSPS) is 11.6. The minimum absolute atomic E-state index is 0.0838. The average Bonchev–Trinajstić information content (AvgIpc) is 2.26. The number of carbonyl (C=O) groups is 1. The van der Waals surface area contributed by atoms with E-state index in [1.807, 2.05) is 31.2 Å². The molecule has 1 amide bonds. The van der Waals surface area contributed by atoms with Crippen molar-refractivity contribution in [2.75, 3.05) is 0 Å². The fraction of sp³-hybridized carbons (Fsp3) is 0.333. The second-order valence-electron chi connectivity index (χ2n) is 3.42. The van der Waals surface area contributed by atoms with Gasteiger partial charge in [-0.05, 0) is 24.1 Å². The molecule has 0 aromatic heterocycles. The van der Waals surface area contributed by atoms with Gasteiger partial charge in [-0.25, -0.2) is 0 Å². The van der Waals surface area contributed by atoms with Crippen LogP contribution in [0.15, 0.2) is 24.3 Å². The molecule has 0 fully saturated rings. The predicted octanol–water partition coefficient (Wildman–Crippen LogP) is 2.82. The van der Waals surface area contributed by atoms with Gasteiger partial charge in [0.2, 0.25) is 5.91 Å². The number of carbonyl (C=O) groups excluding carboxylic acids is 1. The van der Waals surface area contributed by atoms with E-state index < -0.39 is 0 Å². The summed E-state index contributed by atoms with van der Waals surface area (Å²) < 4.78 is 0. The van der Waals surface area contributed by atoms with E-state index in [1.54, 1.807) is 6.07 Å². The van der Waals surface area contributed by atoms with Crippen molar-refractivity contribution < 1.29 is 4.79 Å². The number of hydrogen-bond donors (Lipinski definition) is 1. The Kier molecular flexibility index (Phi) is 4.81. The second-order valence-corrected chi connectivity index (χ2v) is 3.85. The maximum absolute atomic E-state index is 11.3. The lowest BCUT2D eigenvalue weighted by molar-refractivity contribution is -0.120. The Morgan fingerprint density at radius 3 is 2.94 bits per heavy atom. The summed E-state index contributed by atoms with van der Waals surface area (Å²) in [7, 11) is 0. The summed E-state index contributed by atoms with van der Waals surface area (Å²) in [5, 5.41) is 11.8. The maximum Gasteiger partial charge on any atom is 0.234 e.